The summed E-state index contributed by atoms with van der Waals surface area (Å²) in [5.41, 5.74) is 4.24. The summed E-state index contributed by atoms with van der Waals surface area (Å²) in [4.78, 5) is 16.8. The van der Waals surface area contributed by atoms with Crippen LogP contribution in [0.3, 0.4) is 0 Å². The van der Waals surface area contributed by atoms with E-state index in [0.29, 0.717) is 23.9 Å². The van der Waals surface area contributed by atoms with E-state index in [1.54, 1.807) is 7.11 Å². The molecule has 2 aromatic carbocycles. The lowest BCUT2D eigenvalue weighted by atomic mass is 10.1. The van der Waals surface area contributed by atoms with Crippen molar-refractivity contribution in [1.82, 2.24) is 4.90 Å². The predicted molar refractivity (Wildman–Crippen MR) is 111 cm³/mol. The van der Waals surface area contributed by atoms with E-state index in [9.17, 15) is 4.79 Å². The first kappa shape index (κ1) is 19.4. The molecule has 1 fully saturated rings. The Morgan fingerprint density at radius 3 is 2.56 bits per heavy atom. The fraction of sp³-hybridized carbons (Fsp3) is 0.381. The number of hydrogen-bond donors (Lipinski definition) is 1. The van der Waals surface area contributed by atoms with Gasteiger partial charge in [0.2, 0.25) is 0 Å². The molecule has 3 rings (SSSR count). The standard InChI is InChI=1S/C21H26ClN3O2/c1-4-16-7-5-6-15(2)20(16)23-21(26)25-12-10-24(11-13-25)17-8-9-19(27-3)18(22)14-17/h5-9,14H,4,10-13H2,1-3H3,(H,23,26). The number of carbonyl (C=O) groups excluding carboxylic acids is 1. The van der Waals surface area contributed by atoms with E-state index in [4.69, 9.17) is 16.3 Å². The van der Waals surface area contributed by atoms with Gasteiger partial charge in [-0.15, -0.1) is 0 Å². The molecule has 0 aliphatic carbocycles. The molecule has 27 heavy (non-hydrogen) atoms. The van der Waals surface area contributed by atoms with Crippen molar-refractivity contribution in [2.45, 2.75) is 20.3 Å². The summed E-state index contributed by atoms with van der Waals surface area (Å²) in [5, 5.41) is 3.71. The molecule has 1 saturated heterocycles. The lowest BCUT2D eigenvalue weighted by Gasteiger charge is -2.36. The van der Waals surface area contributed by atoms with Gasteiger partial charge in [-0.2, -0.15) is 0 Å². The van der Waals surface area contributed by atoms with Crippen LogP contribution in [0.5, 0.6) is 5.75 Å². The maximum Gasteiger partial charge on any atom is 0.321 e. The largest absolute Gasteiger partial charge is 0.495 e. The number of benzene rings is 2. The van der Waals surface area contributed by atoms with Crippen molar-refractivity contribution in [3.8, 4) is 5.75 Å². The molecule has 0 aromatic heterocycles. The Labute approximate surface area is 165 Å². The summed E-state index contributed by atoms with van der Waals surface area (Å²) < 4.78 is 5.21. The van der Waals surface area contributed by atoms with Gasteiger partial charge in [0, 0.05) is 37.6 Å². The van der Waals surface area contributed by atoms with Crippen LogP contribution in [0, 0.1) is 6.92 Å². The number of piperazine rings is 1. The van der Waals surface area contributed by atoms with Gasteiger partial charge in [-0.1, -0.05) is 36.7 Å². The third-order valence-electron chi connectivity index (χ3n) is 5.04. The number of urea groups is 1. The van der Waals surface area contributed by atoms with Crippen molar-refractivity contribution in [3.63, 3.8) is 0 Å². The molecule has 0 spiro atoms. The Kier molecular flexibility index (Phi) is 6.11. The number of hydrogen-bond acceptors (Lipinski definition) is 3. The van der Waals surface area contributed by atoms with Crippen LogP contribution in [0.4, 0.5) is 16.2 Å². The van der Waals surface area contributed by atoms with Crippen LogP contribution in [0.1, 0.15) is 18.1 Å². The molecule has 2 amide bonds. The zero-order chi connectivity index (χ0) is 19.4. The number of amides is 2. The molecule has 0 radical (unpaired) electrons. The number of ether oxygens (including phenoxy) is 1. The molecule has 1 N–H and O–H groups in total. The lowest BCUT2D eigenvalue weighted by Crippen LogP contribution is -2.50. The average molecular weight is 388 g/mol. The van der Waals surface area contributed by atoms with E-state index in [-0.39, 0.29) is 6.03 Å². The van der Waals surface area contributed by atoms with E-state index in [2.05, 4.69) is 23.2 Å². The summed E-state index contributed by atoms with van der Waals surface area (Å²) in [6.45, 7) is 7.00. The minimum atomic E-state index is -0.0357. The van der Waals surface area contributed by atoms with E-state index in [0.717, 1.165) is 42.0 Å². The predicted octanol–water partition coefficient (Wildman–Crippen LogP) is 4.57. The second kappa shape index (κ2) is 8.53. The number of methoxy groups -OCH3 is 1. The minimum absolute atomic E-state index is 0.0357. The fourth-order valence-corrected chi connectivity index (χ4v) is 3.66. The summed E-state index contributed by atoms with van der Waals surface area (Å²) in [7, 11) is 1.61. The first-order valence-corrected chi connectivity index (χ1v) is 9.64. The van der Waals surface area contributed by atoms with Gasteiger partial charge in [0.25, 0.3) is 0 Å². The van der Waals surface area contributed by atoms with Gasteiger partial charge in [0.15, 0.2) is 0 Å². The monoisotopic (exact) mass is 387 g/mol. The van der Waals surface area contributed by atoms with Gasteiger partial charge in [-0.3, -0.25) is 0 Å². The van der Waals surface area contributed by atoms with E-state index < -0.39 is 0 Å². The summed E-state index contributed by atoms with van der Waals surface area (Å²) in [5.74, 6) is 0.670. The first-order chi connectivity index (χ1) is 13.0. The average Bonchev–Trinajstić information content (AvgIpc) is 2.69. The first-order valence-electron chi connectivity index (χ1n) is 9.26. The van der Waals surface area contributed by atoms with Crippen LogP contribution in [-0.2, 0) is 6.42 Å². The SMILES string of the molecule is CCc1cccc(C)c1NC(=O)N1CCN(c2ccc(OC)c(Cl)c2)CC1. The molecule has 5 nitrogen and oxygen atoms in total. The lowest BCUT2D eigenvalue weighted by molar-refractivity contribution is 0.208. The molecular formula is C21H26ClN3O2. The molecule has 0 saturated carbocycles. The smallest absolute Gasteiger partial charge is 0.321 e. The van der Waals surface area contributed by atoms with E-state index >= 15 is 0 Å². The van der Waals surface area contributed by atoms with Gasteiger partial charge in [-0.05, 0) is 42.7 Å². The summed E-state index contributed by atoms with van der Waals surface area (Å²) >= 11 is 6.24. The second-order valence-corrected chi connectivity index (χ2v) is 7.09. The quantitative estimate of drug-likeness (QED) is 0.835. The Morgan fingerprint density at radius 1 is 1.19 bits per heavy atom. The normalized spacial score (nSPS) is 14.2. The number of anilines is 2. The van der Waals surface area contributed by atoms with Crippen LogP contribution >= 0.6 is 11.6 Å². The van der Waals surface area contributed by atoms with Gasteiger partial charge < -0.3 is 19.9 Å². The number of nitrogens with zero attached hydrogens (tertiary/aromatic N) is 2. The molecule has 0 bridgehead atoms. The molecular weight excluding hydrogens is 362 g/mol. The number of halogens is 1. The maximum absolute atomic E-state index is 12.7. The van der Waals surface area contributed by atoms with Crippen molar-refractivity contribution in [2.75, 3.05) is 43.5 Å². The number of para-hydroxylation sites is 1. The molecule has 2 aromatic rings. The number of rotatable bonds is 4. The molecule has 1 aliphatic rings. The van der Waals surface area contributed by atoms with Gasteiger partial charge in [-0.25, -0.2) is 4.79 Å². The highest BCUT2D eigenvalue weighted by atomic mass is 35.5. The van der Waals surface area contributed by atoms with Crippen molar-refractivity contribution in [2.24, 2.45) is 0 Å². The van der Waals surface area contributed by atoms with Crippen molar-refractivity contribution >= 4 is 29.0 Å². The van der Waals surface area contributed by atoms with E-state index in [1.807, 2.05) is 42.2 Å². The molecule has 6 heteroatoms. The summed E-state index contributed by atoms with van der Waals surface area (Å²) in [6, 6.07) is 11.9. The van der Waals surface area contributed by atoms with Crippen LogP contribution in [-0.4, -0.2) is 44.2 Å². The van der Waals surface area contributed by atoms with Crippen LogP contribution < -0.4 is 15.0 Å². The number of aryl methyl sites for hydroxylation is 2. The van der Waals surface area contributed by atoms with Gasteiger partial charge >= 0.3 is 6.03 Å². The van der Waals surface area contributed by atoms with Crippen molar-refractivity contribution in [3.05, 3.63) is 52.5 Å². The molecule has 0 atom stereocenters. The highest BCUT2D eigenvalue weighted by Gasteiger charge is 2.22. The van der Waals surface area contributed by atoms with Gasteiger partial charge in [0.05, 0.1) is 12.1 Å². The topological polar surface area (TPSA) is 44.8 Å². The van der Waals surface area contributed by atoms with E-state index in [1.165, 1.54) is 0 Å². The molecule has 144 valence electrons. The fourth-order valence-electron chi connectivity index (χ4n) is 3.41. The zero-order valence-corrected chi connectivity index (χ0v) is 16.8. The summed E-state index contributed by atoms with van der Waals surface area (Å²) in [6.07, 6.45) is 0.892. The zero-order valence-electron chi connectivity index (χ0n) is 16.1. The minimum Gasteiger partial charge on any atom is -0.495 e. The third-order valence-corrected chi connectivity index (χ3v) is 5.33. The molecule has 1 heterocycles. The Morgan fingerprint density at radius 2 is 1.93 bits per heavy atom. The van der Waals surface area contributed by atoms with Crippen molar-refractivity contribution in [1.29, 1.82) is 0 Å². The molecule has 1 aliphatic heterocycles. The Balaban J connectivity index is 1.62. The van der Waals surface area contributed by atoms with Crippen LogP contribution in [0.15, 0.2) is 36.4 Å². The molecule has 0 unspecified atom stereocenters. The van der Waals surface area contributed by atoms with Crippen LogP contribution in [0.2, 0.25) is 5.02 Å². The van der Waals surface area contributed by atoms with Gasteiger partial charge in [0.1, 0.15) is 5.75 Å². The Hall–Kier alpha value is -2.40. The second-order valence-electron chi connectivity index (χ2n) is 6.69. The third kappa shape index (κ3) is 4.30. The van der Waals surface area contributed by atoms with Crippen LogP contribution in [0.25, 0.3) is 0 Å². The maximum atomic E-state index is 12.7. The highest BCUT2D eigenvalue weighted by Crippen LogP contribution is 2.29. The number of carbonyl (C=O) groups is 1. The number of nitrogens with one attached hydrogen (secondary N) is 1. The van der Waals surface area contributed by atoms with Crippen molar-refractivity contribution < 1.29 is 9.53 Å². The highest BCUT2D eigenvalue weighted by molar-refractivity contribution is 6.32. The Bertz CT molecular complexity index is 817.